The van der Waals surface area contributed by atoms with Crippen molar-refractivity contribution in [1.29, 1.82) is 0 Å². The molecule has 92 heavy (non-hydrogen) atoms. The molecular weight excluding hydrogens is 1210 g/mol. The van der Waals surface area contributed by atoms with Crippen molar-refractivity contribution in [3.63, 3.8) is 0 Å². The number of unbranched alkanes of at least 4 members (excludes halogenated alkanes) is 45. The zero-order chi connectivity index (χ0) is 67.7. The number of carbonyl (C=O) groups excluding carboxylic acids is 4. The summed E-state index contributed by atoms with van der Waals surface area (Å²) in [4.78, 5) is 72.6. The molecule has 0 amide bonds. The minimum Gasteiger partial charge on any atom is -0.462 e. The van der Waals surface area contributed by atoms with E-state index in [1.807, 2.05) is 0 Å². The van der Waals surface area contributed by atoms with E-state index < -0.39 is 97.5 Å². The molecule has 0 aliphatic rings. The molecule has 0 heterocycles. The fraction of sp³-hybridized carbons (Fsp3) is 0.945. The zero-order valence-electron chi connectivity index (χ0n) is 59.7. The van der Waals surface area contributed by atoms with Gasteiger partial charge in [-0.1, -0.05) is 330 Å². The standard InChI is InChI=1S/C73H142O17P2/c1-6-9-12-15-18-21-22-23-24-25-26-30-33-38-42-47-52-57-71(76)84-63-69(90-73(78)59-54-49-44-39-34-31-28-27-29-32-37-40-45-50-55-66(4)5)65-88-92(81,82)86-61-67(74)60-85-91(79,80)87-64-68(89-72(77)58-53-48-43-36-20-17-14-11-8-3)62-83-70(75)56-51-46-41-35-19-16-13-10-7-2/h66-69,74H,6-65H2,1-5H3,(H,79,80)(H,81,82)/t67-,68+,69+/m0/s1. The lowest BCUT2D eigenvalue weighted by molar-refractivity contribution is -0.161. The van der Waals surface area contributed by atoms with Gasteiger partial charge in [0.15, 0.2) is 12.2 Å². The maximum Gasteiger partial charge on any atom is 0.472 e. The van der Waals surface area contributed by atoms with Gasteiger partial charge in [-0.25, -0.2) is 9.13 Å². The molecule has 0 aliphatic carbocycles. The first-order valence-electron chi connectivity index (χ1n) is 38.1. The lowest BCUT2D eigenvalue weighted by Crippen LogP contribution is -2.30. The number of phosphoric ester groups is 2. The average Bonchev–Trinajstić information content (AvgIpc) is 2.03. The molecule has 0 aliphatic heterocycles. The molecule has 0 spiro atoms. The van der Waals surface area contributed by atoms with Crippen LogP contribution in [0.3, 0.4) is 0 Å². The van der Waals surface area contributed by atoms with Crippen molar-refractivity contribution < 1.29 is 80.2 Å². The molecule has 0 bridgehead atoms. The van der Waals surface area contributed by atoms with Gasteiger partial charge < -0.3 is 33.8 Å². The predicted octanol–water partition coefficient (Wildman–Crippen LogP) is 21.3. The largest absolute Gasteiger partial charge is 0.472 e. The highest BCUT2D eigenvalue weighted by molar-refractivity contribution is 7.47. The summed E-state index contributed by atoms with van der Waals surface area (Å²) < 4.78 is 68.3. The normalized spacial score (nSPS) is 14.0. The van der Waals surface area contributed by atoms with Crippen molar-refractivity contribution in [2.75, 3.05) is 39.6 Å². The second-order valence-electron chi connectivity index (χ2n) is 26.8. The SMILES string of the molecule is CCCCCCCCCCCCCCCCCCCC(=O)OC[C@H](COP(=O)(O)OC[C@@H](O)COP(=O)(O)OC[C@@H](COC(=O)CCCCCCCCCCC)OC(=O)CCCCCCCCCCC)OC(=O)CCCCCCCCCCCCCCCCC(C)C. The van der Waals surface area contributed by atoms with Crippen molar-refractivity contribution in [1.82, 2.24) is 0 Å². The summed E-state index contributed by atoms with van der Waals surface area (Å²) in [7, 11) is -9.90. The molecule has 0 aromatic carbocycles. The maximum absolute atomic E-state index is 13.1. The van der Waals surface area contributed by atoms with Gasteiger partial charge in [-0.15, -0.1) is 0 Å². The van der Waals surface area contributed by atoms with Crippen molar-refractivity contribution in [3.8, 4) is 0 Å². The molecule has 0 saturated carbocycles. The van der Waals surface area contributed by atoms with Gasteiger partial charge in [0.25, 0.3) is 0 Å². The van der Waals surface area contributed by atoms with E-state index in [4.69, 9.17) is 37.0 Å². The third-order valence-electron chi connectivity index (χ3n) is 17.0. The third kappa shape index (κ3) is 66.7. The Morgan fingerprint density at radius 1 is 0.293 bits per heavy atom. The molecule has 546 valence electrons. The topological polar surface area (TPSA) is 237 Å². The number of rotatable bonds is 73. The number of aliphatic hydroxyl groups is 1. The molecular formula is C73H142O17P2. The Balaban J connectivity index is 5.19. The summed E-state index contributed by atoms with van der Waals surface area (Å²) in [6.45, 7) is 7.26. The van der Waals surface area contributed by atoms with E-state index in [2.05, 4.69) is 34.6 Å². The fourth-order valence-corrected chi connectivity index (χ4v) is 12.8. The van der Waals surface area contributed by atoms with Crippen LogP contribution in [0.1, 0.15) is 381 Å². The number of phosphoric acid groups is 2. The van der Waals surface area contributed by atoms with Crippen molar-refractivity contribution in [2.45, 2.75) is 400 Å². The molecule has 0 aromatic heterocycles. The molecule has 3 N–H and O–H groups in total. The molecule has 0 radical (unpaired) electrons. The van der Waals surface area contributed by atoms with Crippen LogP contribution in [0, 0.1) is 5.92 Å². The van der Waals surface area contributed by atoms with Gasteiger partial charge in [0.1, 0.15) is 19.3 Å². The van der Waals surface area contributed by atoms with Crippen LogP contribution in [0.15, 0.2) is 0 Å². The summed E-state index contributed by atoms with van der Waals surface area (Å²) in [5.41, 5.74) is 0. The van der Waals surface area contributed by atoms with E-state index in [9.17, 15) is 43.2 Å². The van der Waals surface area contributed by atoms with Crippen LogP contribution in [0.25, 0.3) is 0 Å². The second kappa shape index (κ2) is 66.3. The van der Waals surface area contributed by atoms with Crippen molar-refractivity contribution >= 4 is 39.5 Å². The fourth-order valence-electron chi connectivity index (χ4n) is 11.2. The van der Waals surface area contributed by atoms with Crippen LogP contribution in [-0.4, -0.2) is 96.7 Å². The molecule has 5 atom stereocenters. The Hall–Kier alpha value is -1.94. The highest BCUT2D eigenvalue weighted by atomic mass is 31.2. The number of aliphatic hydroxyl groups excluding tert-OH is 1. The molecule has 0 rings (SSSR count). The summed E-state index contributed by atoms with van der Waals surface area (Å²) >= 11 is 0. The van der Waals surface area contributed by atoms with E-state index in [1.54, 1.807) is 0 Å². The first kappa shape index (κ1) is 90.1. The smallest absolute Gasteiger partial charge is 0.462 e. The van der Waals surface area contributed by atoms with E-state index in [0.29, 0.717) is 25.7 Å². The Labute approximate surface area is 562 Å². The molecule has 0 fully saturated rings. The number of hydrogen-bond donors (Lipinski definition) is 3. The van der Waals surface area contributed by atoms with Gasteiger partial charge in [-0.2, -0.15) is 0 Å². The minimum absolute atomic E-state index is 0.106. The number of hydrogen-bond acceptors (Lipinski definition) is 15. The number of esters is 4. The average molecular weight is 1350 g/mol. The summed E-state index contributed by atoms with van der Waals surface area (Å²) in [6, 6.07) is 0. The molecule has 0 aromatic rings. The predicted molar refractivity (Wildman–Crippen MR) is 372 cm³/mol. The van der Waals surface area contributed by atoms with Gasteiger partial charge in [0.05, 0.1) is 26.4 Å². The van der Waals surface area contributed by atoms with Crippen molar-refractivity contribution in [2.24, 2.45) is 5.92 Å². The molecule has 2 unspecified atom stereocenters. The van der Waals surface area contributed by atoms with E-state index in [0.717, 1.165) is 95.8 Å². The quantitative estimate of drug-likeness (QED) is 0.0222. The van der Waals surface area contributed by atoms with Crippen molar-refractivity contribution in [3.05, 3.63) is 0 Å². The lowest BCUT2D eigenvalue weighted by Gasteiger charge is -2.21. The number of ether oxygens (including phenoxy) is 4. The lowest BCUT2D eigenvalue weighted by atomic mass is 10.0. The summed E-state index contributed by atoms with van der Waals surface area (Å²) in [5.74, 6) is -1.32. The number of carbonyl (C=O) groups is 4. The maximum atomic E-state index is 13.1. The Bertz CT molecular complexity index is 1770. The minimum atomic E-state index is -4.95. The highest BCUT2D eigenvalue weighted by Crippen LogP contribution is 2.45. The molecule has 0 saturated heterocycles. The van der Waals surface area contributed by atoms with Crippen LogP contribution in [0.5, 0.6) is 0 Å². The highest BCUT2D eigenvalue weighted by Gasteiger charge is 2.30. The van der Waals surface area contributed by atoms with Gasteiger partial charge >= 0.3 is 39.5 Å². The summed E-state index contributed by atoms with van der Waals surface area (Å²) in [5, 5.41) is 10.6. The third-order valence-corrected chi connectivity index (χ3v) is 18.9. The monoisotopic (exact) mass is 1350 g/mol. The van der Waals surface area contributed by atoms with Crippen LogP contribution in [-0.2, 0) is 65.4 Å². The van der Waals surface area contributed by atoms with Gasteiger partial charge in [-0.05, 0) is 31.6 Å². The van der Waals surface area contributed by atoms with E-state index >= 15 is 0 Å². The van der Waals surface area contributed by atoms with Crippen LogP contribution < -0.4 is 0 Å². The Morgan fingerprint density at radius 3 is 0.739 bits per heavy atom. The first-order chi connectivity index (χ1) is 44.5. The second-order valence-corrected chi connectivity index (χ2v) is 29.7. The van der Waals surface area contributed by atoms with Crippen LogP contribution in [0.2, 0.25) is 0 Å². The van der Waals surface area contributed by atoms with Gasteiger partial charge in [0, 0.05) is 25.7 Å². The molecule has 17 nitrogen and oxygen atoms in total. The van der Waals surface area contributed by atoms with Crippen LogP contribution >= 0.6 is 15.6 Å². The Kier molecular flexibility index (Phi) is 64.9. The zero-order valence-corrected chi connectivity index (χ0v) is 61.5. The Morgan fingerprint density at radius 2 is 0.500 bits per heavy atom. The summed E-state index contributed by atoms with van der Waals surface area (Å²) in [6.07, 6.45) is 54.1. The van der Waals surface area contributed by atoms with Gasteiger partial charge in [0.2, 0.25) is 0 Å². The molecule has 19 heteroatoms. The van der Waals surface area contributed by atoms with Crippen LogP contribution in [0.4, 0.5) is 0 Å². The van der Waals surface area contributed by atoms with E-state index in [1.165, 1.54) is 205 Å². The van der Waals surface area contributed by atoms with E-state index in [-0.39, 0.29) is 25.7 Å². The van der Waals surface area contributed by atoms with Gasteiger partial charge in [-0.3, -0.25) is 37.3 Å². The first-order valence-corrected chi connectivity index (χ1v) is 41.1.